The average Bonchev–Trinajstić information content (AvgIpc) is 2.25. The molecule has 0 aliphatic heterocycles. The Kier molecular flexibility index (Phi) is 2.56. The number of pyridine rings is 2. The molecular weight excluding hydrogens is 207 g/mol. The second kappa shape index (κ2) is 3.89. The summed E-state index contributed by atoms with van der Waals surface area (Å²) in [5.74, 6) is -1.24. The van der Waals surface area contributed by atoms with Crippen LogP contribution in [0.25, 0.3) is 11.3 Å². The first-order chi connectivity index (χ1) is 7.58. The first-order valence-electron chi connectivity index (χ1n) is 4.87. The number of rotatable bonds is 1. The molecule has 4 heteroatoms. The summed E-state index contributed by atoms with van der Waals surface area (Å²) < 4.78 is 13.2. The van der Waals surface area contributed by atoms with E-state index in [9.17, 15) is 9.50 Å². The van der Waals surface area contributed by atoms with Gasteiger partial charge >= 0.3 is 0 Å². The highest BCUT2D eigenvalue weighted by molar-refractivity contribution is 5.60. The predicted octanol–water partition coefficient (Wildman–Crippen LogP) is 2.61. The van der Waals surface area contributed by atoms with Gasteiger partial charge in [-0.3, -0.25) is 4.98 Å². The van der Waals surface area contributed by atoms with E-state index in [2.05, 4.69) is 9.97 Å². The number of aryl methyl sites for hydroxylation is 2. The molecule has 0 aliphatic rings. The van der Waals surface area contributed by atoms with E-state index in [4.69, 9.17) is 0 Å². The highest BCUT2D eigenvalue weighted by Gasteiger charge is 2.09. The van der Waals surface area contributed by atoms with Gasteiger partial charge in [0.25, 0.3) is 5.95 Å². The standard InChI is InChI=1S/C12H11FN2O/c1-7-5-10(15-12(13)11(7)16)9-3-4-14-8(2)6-9/h3-6,16H,1-2H3. The summed E-state index contributed by atoms with van der Waals surface area (Å²) in [4.78, 5) is 7.76. The third-order valence-electron chi connectivity index (χ3n) is 2.33. The summed E-state index contributed by atoms with van der Waals surface area (Å²) in [6, 6.07) is 5.22. The van der Waals surface area contributed by atoms with Crippen molar-refractivity contribution in [2.24, 2.45) is 0 Å². The highest BCUT2D eigenvalue weighted by Crippen LogP contribution is 2.25. The zero-order chi connectivity index (χ0) is 11.7. The minimum absolute atomic E-state index is 0.394. The van der Waals surface area contributed by atoms with E-state index in [1.165, 1.54) is 0 Å². The van der Waals surface area contributed by atoms with Crippen molar-refractivity contribution in [1.82, 2.24) is 9.97 Å². The van der Waals surface area contributed by atoms with Crippen molar-refractivity contribution in [3.8, 4) is 17.0 Å². The molecule has 2 heterocycles. The smallest absolute Gasteiger partial charge is 0.255 e. The highest BCUT2D eigenvalue weighted by atomic mass is 19.1. The van der Waals surface area contributed by atoms with Crippen molar-refractivity contribution in [3.05, 3.63) is 41.6 Å². The maximum Gasteiger partial charge on any atom is 0.255 e. The van der Waals surface area contributed by atoms with Crippen molar-refractivity contribution >= 4 is 0 Å². The van der Waals surface area contributed by atoms with Crippen molar-refractivity contribution in [2.45, 2.75) is 13.8 Å². The van der Waals surface area contributed by atoms with Gasteiger partial charge in [0.2, 0.25) is 0 Å². The van der Waals surface area contributed by atoms with Crippen LogP contribution >= 0.6 is 0 Å². The van der Waals surface area contributed by atoms with Crippen LogP contribution in [0.1, 0.15) is 11.3 Å². The fourth-order valence-electron chi connectivity index (χ4n) is 1.48. The van der Waals surface area contributed by atoms with Crippen molar-refractivity contribution in [1.29, 1.82) is 0 Å². The molecule has 0 unspecified atom stereocenters. The molecule has 2 aromatic heterocycles. The van der Waals surface area contributed by atoms with Gasteiger partial charge in [0, 0.05) is 17.5 Å². The van der Waals surface area contributed by atoms with Crippen LogP contribution < -0.4 is 0 Å². The Morgan fingerprint density at radius 2 is 2.00 bits per heavy atom. The first kappa shape index (κ1) is 10.5. The summed E-state index contributed by atoms with van der Waals surface area (Å²) in [5.41, 5.74) is 2.59. The van der Waals surface area contributed by atoms with Crippen LogP contribution in [-0.2, 0) is 0 Å². The van der Waals surface area contributed by atoms with Gasteiger partial charge in [-0.05, 0) is 37.6 Å². The molecule has 0 radical (unpaired) electrons. The van der Waals surface area contributed by atoms with Crippen LogP contribution in [-0.4, -0.2) is 15.1 Å². The first-order valence-corrected chi connectivity index (χ1v) is 4.87. The van der Waals surface area contributed by atoms with E-state index in [1.807, 2.05) is 13.0 Å². The van der Waals surface area contributed by atoms with Crippen LogP contribution in [0.5, 0.6) is 5.75 Å². The quantitative estimate of drug-likeness (QED) is 0.748. The summed E-state index contributed by atoms with van der Waals surface area (Å²) in [6.45, 7) is 3.49. The Labute approximate surface area is 92.6 Å². The third-order valence-corrected chi connectivity index (χ3v) is 2.33. The predicted molar refractivity (Wildman–Crippen MR) is 58.6 cm³/mol. The molecule has 0 fully saturated rings. The van der Waals surface area contributed by atoms with E-state index >= 15 is 0 Å². The van der Waals surface area contributed by atoms with Crippen LogP contribution in [0.2, 0.25) is 0 Å². The average molecular weight is 218 g/mol. The fourth-order valence-corrected chi connectivity index (χ4v) is 1.48. The van der Waals surface area contributed by atoms with Gasteiger partial charge in [-0.1, -0.05) is 0 Å². The van der Waals surface area contributed by atoms with Crippen molar-refractivity contribution < 1.29 is 9.50 Å². The number of halogens is 1. The number of aromatic hydroxyl groups is 1. The summed E-state index contributed by atoms with van der Waals surface area (Å²) >= 11 is 0. The Morgan fingerprint density at radius 3 is 2.62 bits per heavy atom. The van der Waals surface area contributed by atoms with Gasteiger partial charge in [-0.2, -0.15) is 4.39 Å². The topological polar surface area (TPSA) is 46.0 Å². The number of hydrogen-bond donors (Lipinski definition) is 1. The molecule has 0 saturated carbocycles. The molecule has 3 nitrogen and oxygen atoms in total. The molecule has 2 rings (SSSR count). The number of nitrogens with zero attached hydrogens (tertiary/aromatic N) is 2. The Hall–Kier alpha value is -1.97. The zero-order valence-corrected chi connectivity index (χ0v) is 9.03. The van der Waals surface area contributed by atoms with Gasteiger partial charge < -0.3 is 5.11 Å². The lowest BCUT2D eigenvalue weighted by atomic mass is 10.1. The minimum Gasteiger partial charge on any atom is -0.503 e. The Balaban J connectivity index is 2.57. The SMILES string of the molecule is Cc1cc(-c2cc(C)c(O)c(F)n2)ccn1. The fraction of sp³-hybridized carbons (Fsp3) is 0.167. The van der Waals surface area contributed by atoms with Crippen molar-refractivity contribution in [3.63, 3.8) is 0 Å². The largest absolute Gasteiger partial charge is 0.503 e. The molecule has 2 aromatic rings. The van der Waals surface area contributed by atoms with Gasteiger partial charge in [0.15, 0.2) is 5.75 Å². The normalized spacial score (nSPS) is 10.4. The van der Waals surface area contributed by atoms with E-state index in [0.717, 1.165) is 11.3 Å². The maximum absolute atomic E-state index is 13.2. The van der Waals surface area contributed by atoms with Gasteiger partial charge in [0.1, 0.15) is 0 Å². The maximum atomic E-state index is 13.2. The lowest BCUT2D eigenvalue weighted by molar-refractivity contribution is 0.415. The van der Waals surface area contributed by atoms with E-state index in [-0.39, 0.29) is 0 Å². The number of hydrogen-bond acceptors (Lipinski definition) is 3. The summed E-state index contributed by atoms with van der Waals surface area (Å²) in [5, 5.41) is 9.28. The lowest BCUT2D eigenvalue weighted by Crippen LogP contribution is -1.92. The van der Waals surface area contributed by atoms with Crippen LogP contribution in [0, 0.1) is 19.8 Å². The second-order valence-corrected chi connectivity index (χ2v) is 3.65. The van der Waals surface area contributed by atoms with E-state index in [0.29, 0.717) is 11.3 Å². The number of aromatic nitrogens is 2. The molecule has 0 bridgehead atoms. The molecule has 0 atom stereocenters. The molecule has 16 heavy (non-hydrogen) atoms. The van der Waals surface area contributed by atoms with Crippen LogP contribution in [0.15, 0.2) is 24.4 Å². The molecule has 82 valence electrons. The van der Waals surface area contributed by atoms with Gasteiger partial charge in [0.05, 0.1) is 5.69 Å². The molecule has 0 aromatic carbocycles. The molecule has 0 aliphatic carbocycles. The molecule has 1 N–H and O–H groups in total. The summed E-state index contributed by atoms with van der Waals surface area (Å²) in [6.07, 6.45) is 1.65. The van der Waals surface area contributed by atoms with Crippen LogP contribution in [0.4, 0.5) is 4.39 Å². The molecule has 0 spiro atoms. The Bertz CT molecular complexity index is 517. The van der Waals surface area contributed by atoms with Crippen LogP contribution in [0.3, 0.4) is 0 Å². The Morgan fingerprint density at radius 1 is 1.25 bits per heavy atom. The monoisotopic (exact) mass is 218 g/mol. The van der Waals surface area contributed by atoms with E-state index in [1.54, 1.807) is 25.3 Å². The van der Waals surface area contributed by atoms with Crippen molar-refractivity contribution in [2.75, 3.05) is 0 Å². The zero-order valence-electron chi connectivity index (χ0n) is 9.03. The third kappa shape index (κ3) is 1.86. The summed E-state index contributed by atoms with van der Waals surface area (Å²) in [7, 11) is 0. The van der Waals surface area contributed by atoms with Gasteiger partial charge in [-0.25, -0.2) is 4.98 Å². The lowest BCUT2D eigenvalue weighted by Gasteiger charge is -2.05. The second-order valence-electron chi connectivity index (χ2n) is 3.65. The van der Waals surface area contributed by atoms with E-state index < -0.39 is 11.7 Å². The van der Waals surface area contributed by atoms with Gasteiger partial charge in [-0.15, -0.1) is 0 Å². The molecular formula is C12H11FN2O. The minimum atomic E-state index is -0.843. The molecule has 0 amide bonds. The molecule has 0 saturated heterocycles.